The number of rotatable bonds is 5. The number of carbonyl (C=O) groups excluding carboxylic acids is 1. The fourth-order valence-corrected chi connectivity index (χ4v) is 3.72. The average molecular weight is 346 g/mol. The summed E-state index contributed by atoms with van der Waals surface area (Å²) >= 11 is 1.47. The topological polar surface area (TPSA) is 83.9 Å². The van der Waals surface area contributed by atoms with Gasteiger partial charge in [0.05, 0.1) is 6.20 Å². The zero-order chi connectivity index (χ0) is 16.9. The van der Waals surface area contributed by atoms with Gasteiger partial charge in [-0.3, -0.25) is 9.78 Å². The minimum absolute atomic E-state index is 0.00960. The summed E-state index contributed by atoms with van der Waals surface area (Å²) in [6.07, 6.45) is 7.62. The lowest BCUT2D eigenvalue weighted by Gasteiger charge is -2.31. The summed E-state index contributed by atoms with van der Waals surface area (Å²) in [6, 6.07) is 0. The summed E-state index contributed by atoms with van der Waals surface area (Å²) in [6.45, 7) is 5.91. The minimum Gasteiger partial charge on any atom is -0.355 e. The molecular formula is C16H22N6OS. The third-order valence-corrected chi connectivity index (χ3v) is 4.88. The molecule has 0 atom stereocenters. The molecule has 0 aromatic carbocycles. The molecule has 8 heteroatoms. The van der Waals surface area contributed by atoms with E-state index in [1.807, 2.05) is 0 Å². The van der Waals surface area contributed by atoms with Crippen LogP contribution in [0.4, 0.5) is 10.9 Å². The molecule has 1 aliphatic rings. The van der Waals surface area contributed by atoms with E-state index in [4.69, 9.17) is 0 Å². The van der Waals surface area contributed by atoms with E-state index < -0.39 is 0 Å². The van der Waals surface area contributed by atoms with Gasteiger partial charge in [0, 0.05) is 37.8 Å². The predicted octanol–water partition coefficient (Wildman–Crippen LogP) is 2.38. The zero-order valence-electron chi connectivity index (χ0n) is 14.0. The maximum atomic E-state index is 12.4. The minimum atomic E-state index is 0.00960. The number of nitrogens with zero attached hydrogens (tertiary/aromatic N) is 5. The smallest absolute Gasteiger partial charge is 0.229 e. The Morgan fingerprint density at radius 2 is 2.12 bits per heavy atom. The van der Waals surface area contributed by atoms with E-state index in [1.54, 1.807) is 18.6 Å². The Hall–Kier alpha value is -2.09. The monoisotopic (exact) mass is 346 g/mol. The second kappa shape index (κ2) is 7.65. The van der Waals surface area contributed by atoms with Gasteiger partial charge in [-0.1, -0.05) is 25.2 Å². The first-order valence-electron chi connectivity index (χ1n) is 8.26. The van der Waals surface area contributed by atoms with E-state index in [0.717, 1.165) is 43.2 Å². The molecule has 0 unspecified atom stereocenters. The van der Waals surface area contributed by atoms with Crippen LogP contribution in [0.5, 0.6) is 0 Å². The molecule has 0 spiro atoms. The molecule has 24 heavy (non-hydrogen) atoms. The van der Waals surface area contributed by atoms with Crippen molar-refractivity contribution in [3.8, 4) is 0 Å². The highest BCUT2D eigenvalue weighted by Gasteiger charge is 2.26. The molecule has 1 fully saturated rings. The summed E-state index contributed by atoms with van der Waals surface area (Å²) in [5, 5.41) is 12.7. The van der Waals surface area contributed by atoms with Crippen LogP contribution >= 0.6 is 11.3 Å². The van der Waals surface area contributed by atoms with Crippen molar-refractivity contribution in [2.75, 3.05) is 23.3 Å². The number of nitrogens with one attached hydrogen (secondary N) is 1. The van der Waals surface area contributed by atoms with E-state index in [0.29, 0.717) is 11.0 Å². The highest BCUT2D eigenvalue weighted by Crippen LogP contribution is 2.24. The van der Waals surface area contributed by atoms with Gasteiger partial charge in [-0.2, -0.15) is 0 Å². The zero-order valence-corrected chi connectivity index (χ0v) is 14.8. The standard InChI is InChI=1S/C16H22N6OS/c1-11(2)9-14-20-21-16(24-14)19-15(23)12-3-7-22(8-4-12)13-10-17-5-6-18-13/h5-6,10-12H,3-4,7-9H2,1-2H3,(H,19,21,23). The lowest BCUT2D eigenvalue weighted by molar-refractivity contribution is -0.120. The van der Waals surface area contributed by atoms with Gasteiger partial charge in [0.1, 0.15) is 10.8 Å². The van der Waals surface area contributed by atoms with Crippen LogP contribution in [0, 0.1) is 11.8 Å². The number of hydrogen-bond acceptors (Lipinski definition) is 7. The van der Waals surface area contributed by atoms with Gasteiger partial charge in [-0.05, 0) is 18.8 Å². The number of aromatic nitrogens is 4. The molecule has 1 saturated heterocycles. The molecule has 2 aromatic heterocycles. The van der Waals surface area contributed by atoms with Crippen LogP contribution in [0.2, 0.25) is 0 Å². The van der Waals surface area contributed by atoms with E-state index in [-0.39, 0.29) is 11.8 Å². The highest BCUT2D eigenvalue weighted by molar-refractivity contribution is 7.15. The molecule has 0 saturated carbocycles. The van der Waals surface area contributed by atoms with Gasteiger partial charge >= 0.3 is 0 Å². The second-order valence-corrected chi connectivity index (χ2v) is 7.48. The van der Waals surface area contributed by atoms with Crippen LogP contribution in [0.15, 0.2) is 18.6 Å². The summed E-state index contributed by atoms with van der Waals surface area (Å²) in [7, 11) is 0. The predicted molar refractivity (Wildman–Crippen MR) is 94.0 cm³/mol. The maximum Gasteiger partial charge on any atom is 0.229 e. The molecule has 7 nitrogen and oxygen atoms in total. The SMILES string of the molecule is CC(C)Cc1nnc(NC(=O)C2CCN(c3cnccn3)CC2)s1. The van der Waals surface area contributed by atoms with E-state index in [9.17, 15) is 4.79 Å². The van der Waals surface area contributed by atoms with Crippen molar-refractivity contribution in [2.24, 2.45) is 11.8 Å². The van der Waals surface area contributed by atoms with Gasteiger partial charge in [0.15, 0.2) is 0 Å². The number of carbonyl (C=O) groups is 1. The number of amides is 1. The molecule has 0 aliphatic carbocycles. The molecule has 0 radical (unpaired) electrons. The summed E-state index contributed by atoms with van der Waals surface area (Å²) < 4.78 is 0. The fraction of sp³-hybridized carbons (Fsp3) is 0.562. The second-order valence-electron chi connectivity index (χ2n) is 6.41. The van der Waals surface area contributed by atoms with Crippen LogP contribution in [0.3, 0.4) is 0 Å². The summed E-state index contributed by atoms with van der Waals surface area (Å²) in [4.78, 5) is 23.0. The van der Waals surface area contributed by atoms with E-state index in [2.05, 4.69) is 44.2 Å². The van der Waals surface area contributed by atoms with Crippen molar-refractivity contribution in [3.05, 3.63) is 23.6 Å². The Morgan fingerprint density at radius 1 is 1.33 bits per heavy atom. The van der Waals surface area contributed by atoms with Crippen molar-refractivity contribution in [1.82, 2.24) is 20.2 Å². The van der Waals surface area contributed by atoms with Crippen molar-refractivity contribution in [2.45, 2.75) is 33.1 Å². The Bertz CT molecular complexity index is 666. The van der Waals surface area contributed by atoms with Crippen LogP contribution < -0.4 is 10.2 Å². The third kappa shape index (κ3) is 4.25. The quantitative estimate of drug-likeness (QED) is 0.895. The average Bonchev–Trinajstić information content (AvgIpc) is 3.02. The summed E-state index contributed by atoms with van der Waals surface area (Å²) in [5.74, 6) is 1.46. The highest BCUT2D eigenvalue weighted by atomic mass is 32.1. The number of piperidine rings is 1. The molecule has 3 heterocycles. The fourth-order valence-electron chi connectivity index (χ4n) is 2.77. The maximum absolute atomic E-state index is 12.4. The van der Waals surface area contributed by atoms with Crippen molar-refractivity contribution in [1.29, 1.82) is 0 Å². The molecular weight excluding hydrogens is 324 g/mol. The van der Waals surface area contributed by atoms with Gasteiger partial charge in [0.2, 0.25) is 11.0 Å². The first kappa shape index (κ1) is 16.8. The lowest BCUT2D eigenvalue weighted by Crippen LogP contribution is -2.38. The molecule has 1 amide bonds. The Labute approximate surface area is 145 Å². The molecule has 1 N–H and O–H groups in total. The van der Waals surface area contributed by atoms with Crippen LogP contribution in [0.25, 0.3) is 0 Å². The molecule has 3 rings (SSSR count). The lowest BCUT2D eigenvalue weighted by atomic mass is 9.96. The Kier molecular flexibility index (Phi) is 5.34. The van der Waals surface area contributed by atoms with Gasteiger partial charge < -0.3 is 10.2 Å². The molecule has 128 valence electrons. The molecule has 1 aliphatic heterocycles. The number of hydrogen-bond donors (Lipinski definition) is 1. The van der Waals surface area contributed by atoms with E-state index >= 15 is 0 Å². The van der Waals surface area contributed by atoms with Crippen LogP contribution in [-0.4, -0.2) is 39.2 Å². The van der Waals surface area contributed by atoms with Crippen LogP contribution in [0.1, 0.15) is 31.7 Å². The molecule has 0 bridgehead atoms. The largest absolute Gasteiger partial charge is 0.355 e. The van der Waals surface area contributed by atoms with Gasteiger partial charge in [0.25, 0.3) is 0 Å². The van der Waals surface area contributed by atoms with Crippen molar-refractivity contribution in [3.63, 3.8) is 0 Å². The van der Waals surface area contributed by atoms with Crippen molar-refractivity contribution < 1.29 is 4.79 Å². The van der Waals surface area contributed by atoms with Crippen molar-refractivity contribution >= 4 is 28.2 Å². The summed E-state index contributed by atoms with van der Waals surface area (Å²) in [5.41, 5.74) is 0. The van der Waals surface area contributed by atoms with Gasteiger partial charge in [-0.15, -0.1) is 10.2 Å². The number of anilines is 2. The Morgan fingerprint density at radius 3 is 2.79 bits per heavy atom. The third-order valence-electron chi connectivity index (χ3n) is 4.02. The van der Waals surface area contributed by atoms with Crippen LogP contribution in [-0.2, 0) is 11.2 Å². The van der Waals surface area contributed by atoms with E-state index in [1.165, 1.54) is 11.3 Å². The Balaban J connectivity index is 1.51. The first-order chi connectivity index (χ1) is 11.6. The van der Waals surface area contributed by atoms with Gasteiger partial charge in [-0.25, -0.2) is 4.98 Å². The first-order valence-corrected chi connectivity index (χ1v) is 9.07. The molecule has 2 aromatic rings. The normalized spacial score (nSPS) is 15.7.